The molecule has 1 unspecified atom stereocenters. The van der Waals surface area contributed by atoms with Crippen molar-refractivity contribution in [2.45, 2.75) is 39.3 Å². The number of hydrogen-bond donors (Lipinski definition) is 1. The third-order valence-corrected chi connectivity index (χ3v) is 2.71. The molecule has 0 spiro atoms. The second-order valence-electron chi connectivity index (χ2n) is 3.53. The molecule has 0 bridgehead atoms. The Hall–Kier alpha value is 0.790. The molecule has 0 aromatic heterocycles. The number of hydrogen-bond acceptors (Lipinski definition) is 5. The molecule has 1 aliphatic rings. The first-order valence-electron chi connectivity index (χ1n) is 5.38. The van der Waals surface area contributed by atoms with Crippen molar-refractivity contribution in [3.63, 3.8) is 0 Å². The van der Waals surface area contributed by atoms with Gasteiger partial charge in [-0.15, -0.1) is 0 Å². The van der Waals surface area contributed by atoms with Gasteiger partial charge in [0.25, 0.3) is 0 Å². The average molecular weight is 277 g/mol. The molecule has 6 nitrogen and oxygen atoms in total. The van der Waals surface area contributed by atoms with Gasteiger partial charge >= 0.3 is 40.0 Å². The molecular formula is C9H20NNaO5S. The summed E-state index contributed by atoms with van der Waals surface area (Å²) in [5.41, 5.74) is 0. The fraction of sp³-hybridized carbons (Fsp3) is 1.00. The molecule has 8 heteroatoms. The first-order chi connectivity index (χ1) is 7.37. The van der Waals surface area contributed by atoms with Crippen molar-refractivity contribution in [2.75, 3.05) is 19.7 Å². The number of rotatable bonds is 3. The van der Waals surface area contributed by atoms with Crippen LogP contribution in [0.2, 0.25) is 0 Å². The monoisotopic (exact) mass is 277 g/mol. The van der Waals surface area contributed by atoms with Gasteiger partial charge in [-0.3, -0.25) is 4.55 Å². The van der Waals surface area contributed by atoms with Crippen LogP contribution in [-0.4, -0.2) is 43.8 Å². The third kappa shape index (κ3) is 13.0. The average Bonchev–Trinajstić information content (AvgIpc) is 2.18. The van der Waals surface area contributed by atoms with Crippen molar-refractivity contribution < 1.29 is 51.8 Å². The van der Waals surface area contributed by atoms with Gasteiger partial charge in [-0.05, 0) is 32.9 Å². The van der Waals surface area contributed by atoms with Crippen LogP contribution in [0.3, 0.4) is 0 Å². The molecular weight excluding hydrogens is 257 g/mol. The molecule has 0 amide bonds. The van der Waals surface area contributed by atoms with Crippen LogP contribution >= 0.6 is 0 Å². The van der Waals surface area contributed by atoms with E-state index >= 15 is 0 Å². The molecule has 1 rings (SSSR count). The first kappa shape index (κ1) is 20.1. The Balaban J connectivity index is 0. The zero-order valence-electron chi connectivity index (χ0n) is 10.8. The molecule has 0 saturated carbocycles. The van der Waals surface area contributed by atoms with Crippen LogP contribution in [0.15, 0.2) is 0 Å². The topological polar surface area (TPSA) is 89.9 Å². The first-order valence-corrected chi connectivity index (χ1v) is 6.75. The predicted molar refractivity (Wildman–Crippen MR) is 58.1 cm³/mol. The Morgan fingerprint density at radius 1 is 1.35 bits per heavy atom. The van der Waals surface area contributed by atoms with Crippen molar-refractivity contribution >= 4 is 10.4 Å². The summed E-state index contributed by atoms with van der Waals surface area (Å²) in [6.45, 7) is 5.20. The summed E-state index contributed by atoms with van der Waals surface area (Å²) in [4.78, 5) is 2.00. The standard InChI is InChI=1S/C7H14NO.C2H6O4S.Na/c1-7(9)8-5-3-2-4-6-8;1-2-6-7(3,4)5;/h7H,2-6H2,1H3;2H2,1H3,(H,3,4,5);/q-1;;+1. The number of likely N-dealkylation sites (tertiary alicyclic amines) is 1. The van der Waals surface area contributed by atoms with Gasteiger partial charge in [-0.25, -0.2) is 4.18 Å². The van der Waals surface area contributed by atoms with Crippen molar-refractivity contribution in [3.05, 3.63) is 0 Å². The quantitative estimate of drug-likeness (QED) is 0.437. The second kappa shape index (κ2) is 10.7. The fourth-order valence-electron chi connectivity index (χ4n) is 1.43. The van der Waals surface area contributed by atoms with Gasteiger partial charge in [0.05, 0.1) is 6.61 Å². The molecule has 1 heterocycles. The summed E-state index contributed by atoms with van der Waals surface area (Å²) < 4.78 is 30.7. The summed E-state index contributed by atoms with van der Waals surface area (Å²) in [7, 11) is -4.17. The van der Waals surface area contributed by atoms with Crippen LogP contribution < -0.4 is 34.7 Å². The van der Waals surface area contributed by atoms with Gasteiger partial charge in [0.1, 0.15) is 0 Å². The maximum atomic E-state index is 10.8. The van der Waals surface area contributed by atoms with Crippen LogP contribution in [0, 0.1) is 0 Å². The van der Waals surface area contributed by atoms with E-state index in [4.69, 9.17) is 4.55 Å². The van der Waals surface area contributed by atoms with E-state index < -0.39 is 16.6 Å². The van der Waals surface area contributed by atoms with Crippen molar-refractivity contribution in [1.29, 1.82) is 0 Å². The van der Waals surface area contributed by atoms with E-state index in [2.05, 4.69) is 4.18 Å². The summed E-state index contributed by atoms with van der Waals surface area (Å²) >= 11 is 0. The van der Waals surface area contributed by atoms with Gasteiger partial charge in [0.2, 0.25) is 0 Å². The molecule has 17 heavy (non-hydrogen) atoms. The molecule has 0 radical (unpaired) electrons. The molecule has 1 aliphatic heterocycles. The van der Waals surface area contributed by atoms with E-state index in [1.54, 1.807) is 6.92 Å². The maximum Gasteiger partial charge on any atom is 1.00 e. The van der Waals surface area contributed by atoms with E-state index in [-0.39, 0.29) is 36.2 Å². The van der Waals surface area contributed by atoms with Gasteiger partial charge in [-0.1, -0.05) is 19.6 Å². The van der Waals surface area contributed by atoms with Gasteiger partial charge in [0.15, 0.2) is 0 Å². The zero-order valence-corrected chi connectivity index (χ0v) is 13.6. The Bertz CT molecular complexity index is 265. The fourth-order valence-corrected chi connectivity index (χ4v) is 1.73. The summed E-state index contributed by atoms with van der Waals surface area (Å²) in [6.07, 6.45) is 3.26. The molecule has 1 fully saturated rings. The summed E-state index contributed by atoms with van der Waals surface area (Å²) in [6, 6.07) is 0. The van der Waals surface area contributed by atoms with Crippen molar-refractivity contribution in [3.8, 4) is 0 Å². The normalized spacial score (nSPS) is 18.6. The van der Waals surface area contributed by atoms with E-state index in [0.29, 0.717) is 0 Å². The maximum absolute atomic E-state index is 10.8. The van der Waals surface area contributed by atoms with Gasteiger partial charge in [0, 0.05) is 0 Å². The second-order valence-corrected chi connectivity index (χ2v) is 4.62. The molecule has 98 valence electrons. The van der Waals surface area contributed by atoms with Crippen molar-refractivity contribution in [2.24, 2.45) is 0 Å². The third-order valence-electron chi connectivity index (χ3n) is 2.17. The molecule has 1 N–H and O–H groups in total. The van der Waals surface area contributed by atoms with E-state index in [1.807, 2.05) is 4.90 Å². The minimum absolute atomic E-state index is 0. The summed E-state index contributed by atoms with van der Waals surface area (Å²) in [5, 5.41) is 10.8. The van der Waals surface area contributed by atoms with E-state index in [9.17, 15) is 13.5 Å². The van der Waals surface area contributed by atoms with Crippen molar-refractivity contribution in [1.82, 2.24) is 4.90 Å². The van der Waals surface area contributed by atoms with Crippen LogP contribution in [0.5, 0.6) is 0 Å². The zero-order chi connectivity index (χ0) is 12.6. The molecule has 1 atom stereocenters. The van der Waals surface area contributed by atoms with Gasteiger partial charge in [-0.2, -0.15) is 8.42 Å². The molecule has 0 aliphatic carbocycles. The van der Waals surface area contributed by atoms with Gasteiger partial charge < -0.3 is 10.0 Å². The largest absolute Gasteiger partial charge is 1.00 e. The molecule has 0 aromatic rings. The van der Waals surface area contributed by atoms with E-state index in [1.165, 1.54) is 26.2 Å². The van der Waals surface area contributed by atoms with Crippen LogP contribution in [0.1, 0.15) is 33.1 Å². The Morgan fingerprint density at radius 3 is 2.00 bits per heavy atom. The Labute approximate surface area is 126 Å². The molecule has 1 saturated heterocycles. The molecule has 0 aromatic carbocycles. The Kier molecular flexibility index (Phi) is 12.6. The minimum Gasteiger partial charge on any atom is -0.841 e. The number of piperidine rings is 1. The minimum atomic E-state index is -4.17. The Morgan fingerprint density at radius 2 is 1.82 bits per heavy atom. The smallest absolute Gasteiger partial charge is 0.841 e. The summed E-state index contributed by atoms with van der Waals surface area (Å²) in [5.74, 6) is 0. The predicted octanol–water partition coefficient (Wildman–Crippen LogP) is -2.99. The SMILES string of the molecule is CC([O-])N1CCCCC1.CCOS(=O)(=O)O.[Na+]. The van der Waals surface area contributed by atoms with Crippen LogP contribution in [-0.2, 0) is 14.6 Å². The number of nitrogens with zero attached hydrogens (tertiary/aromatic N) is 1. The van der Waals surface area contributed by atoms with Crippen LogP contribution in [0.4, 0.5) is 0 Å². The van der Waals surface area contributed by atoms with Crippen LogP contribution in [0.25, 0.3) is 0 Å². The van der Waals surface area contributed by atoms with E-state index in [0.717, 1.165) is 13.1 Å².